The molecule has 0 saturated heterocycles. The fraction of sp³-hybridized carbons (Fsp3) is 0. The minimum atomic E-state index is -3.77. The summed E-state index contributed by atoms with van der Waals surface area (Å²) in [4.78, 5) is 2.10. The summed E-state index contributed by atoms with van der Waals surface area (Å²) in [6.07, 6.45) is 1.11. The molecule has 8 heteroatoms. The molecule has 4 nitrogen and oxygen atoms in total. The van der Waals surface area contributed by atoms with Crippen molar-refractivity contribution in [3.05, 3.63) is 62.8 Å². The summed E-state index contributed by atoms with van der Waals surface area (Å²) < 4.78 is 38.8. The van der Waals surface area contributed by atoms with E-state index in [0.29, 0.717) is 4.47 Å². The first-order valence-corrected chi connectivity index (χ1v) is 8.71. The van der Waals surface area contributed by atoms with Crippen LogP contribution in [0.3, 0.4) is 0 Å². The fourth-order valence-corrected chi connectivity index (χ4v) is 2.88. The maximum atomic E-state index is 13.5. The zero-order valence-corrected chi connectivity index (χ0v) is 14.4. The van der Waals surface area contributed by atoms with Crippen LogP contribution in [0.25, 0.3) is 0 Å². The molecule has 0 heterocycles. The second-order valence-electron chi connectivity index (χ2n) is 3.97. The third-order valence-corrected chi connectivity index (χ3v) is 4.72. The zero-order valence-electron chi connectivity index (χ0n) is 10.4. The summed E-state index contributed by atoms with van der Waals surface area (Å²) >= 11 is 6.42. The average molecular weight is 436 g/mol. The SMILES string of the molecule is O=S(=O)(N/N=C/c1cc(Br)ccc1F)c1ccc(Br)cc1. The molecule has 0 unspecified atom stereocenters. The molecule has 0 aliphatic heterocycles. The van der Waals surface area contributed by atoms with Gasteiger partial charge in [0.05, 0.1) is 11.1 Å². The van der Waals surface area contributed by atoms with Gasteiger partial charge in [-0.1, -0.05) is 31.9 Å². The van der Waals surface area contributed by atoms with Crippen LogP contribution in [0.1, 0.15) is 5.56 Å². The quantitative estimate of drug-likeness (QED) is 0.588. The Kier molecular flexibility index (Phi) is 5.13. The molecule has 0 radical (unpaired) electrons. The highest BCUT2D eigenvalue weighted by atomic mass is 79.9. The normalized spacial score (nSPS) is 11.8. The molecular weight excluding hydrogens is 427 g/mol. The van der Waals surface area contributed by atoms with Crippen LogP contribution in [0, 0.1) is 5.82 Å². The molecule has 2 rings (SSSR count). The lowest BCUT2D eigenvalue weighted by atomic mass is 10.2. The van der Waals surface area contributed by atoms with Gasteiger partial charge in [0, 0.05) is 14.5 Å². The van der Waals surface area contributed by atoms with Crippen molar-refractivity contribution in [2.24, 2.45) is 5.10 Å². The molecular formula is C13H9Br2FN2O2S. The summed E-state index contributed by atoms with van der Waals surface area (Å²) in [6.45, 7) is 0. The van der Waals surface area contributed by atoms with E-state index in [1.54, 1.807) is 18.2 Å². The van der Waals surface area contributed by atoms with Gasteiger partial charge in [0.15, 0.2) is 0 Å². The van der Waals surface area contributed by atoms with E-state index in [9.17, 15) is 12.8 Å². The van der Waals surface area contributed by atoms with Crippen molar-refractivity contribution in [1.29, 1.82) is 0 Å². The number of benzene rings is 2. The number of sulfonamides is 1. The van der Waals surface area contributed by atoms with E-state index in [4.69, 9.17) is 0 Å². The molecule has 0 aliphatic carbocycles. The fourth-order valence-electron chi connectivity index (χ4n) is 1.45. The lowest BCUT2D eigenvalue weighted by Crippen LogP contribution is -2.18. The Bertz CT molecular complexity index is 777. The summed E-state index contributed by atoms with van der Waals surface area (Å²) in [5, 5.41) is 3.58. The van der Waals surface area contributed by atoms with Gasteiger partial charge in [-0.05, 0) is 42.5 Å². The van der Waals surface area contributed by atoms with E-state index in [-0.39, 0.29) is 10.5 Å². The predicted octanol–water partition coefficient (Wildman–Crippen LogP) is 3.66. The predicted molar refractivity (Wildman–Crippen MR) is 86.2 cm³/mol. The number of hydrogen-bond acceptors (Lipinski definition) is 3. The standard InChI is InChI=1S/C13H9Br2FN2O2S/c14-10-1-4-12(5-2-10)21(19,20)18-17-8-9-7-11(15)3-6-13(9)16/h1-8,18H/b17-8+. The lowest BCUT2D eigenvalue weighted by molar-refractivity contribution is 0.584. The Balaban J connectivity index is 2.16. The van der Waals surface area contributed by atoms with Crippen LogP contribution >= 0.6 is 31.9 Å². The summed E-state index contributed by atoms with van der Waals surface area (Å²) in [5.41, 5.74) is 0.169. The number of halogens is 3. The second kappa shape index (κ2) is 6.67. The van der Waals surface area contributed by atoms with Gasteiger partial charge in [0.25, 0.3) is 10.0 Å². The molecule has 0 atom stereocenters. The molecule has 110 valence electrons. The first-order valence-electron chi connectivity index (χ1n) is 5.64. The summed E-state index contributed by atoms with van der Waals surface area (Å²) in [6, 6.07) is 10.4. The highest BCUT2D eigenvalue weighted by Gasteiger charge is 2.12. The number of nitrogens with one attached hydrogen (secondary N) is 1. The molecule has 0 aromatic heterocycles. The Morgan fingerprint density at radius 2 is 1.67 bits per heavy atom. The van der Waals surface area contributed by atoms with Crippen molar-refractivity contribution >= 4 is 48.1 Å². The van der Waals surface area contributed by atoms with Gasteiger partial charge in [-0.3, -0.25) is 0 Å². The highest BCUT2D eigenvalue weighted by molar-refractivity contribution is 9.10. The number of hydrogen-bond donors (Lipinski definition) is 1. The monoisotopic (exact) mass is 434 g/mol. The van der Waals surface area contributed by atoms with Crippen LogP contribution in [0.4, 0.5) is 4.39 Å². The van der Waals surface area contributed by atoms with E-state index in [2.05, 4.69) is 37.0 Å². The van der Waals surface area contributed by atoms with E-state index < -0.39 is 15.8 Å². The highest BCUT2D eigenvalue weighted by Crippen LogP contribution is 2.15. The van der Waals surface area contributed by atoms with E-state index in [0.717, 1.165) is 10.7 Å². The number of rotatable bonds is 4. The average Bonchev–Trinajstić information content (AvgIpc) is 2.43. The maximum absolute atomic E-state index is 13.5. The van der Waals surface area contributed by atoms with Crippen molar-refractivity contribution in [2.75, 3.05) is 0 Å². The molecule has 1 N–H and O–H groups in total. The lowest BCUT2D eigenvalue weighted by Gasteiger charge is -2.03. The number of hydrazone groups is 1. The third-order valence-electron chi connectivity index (χ3n) is 2.46. The molecule has 0 spiro atoms. The zero-order chi connectivity index (χ0) is 15.5. The van der Waals surface area contributed by atoms with Gasteiger partial charge >= 0.3 is 0 Å². The van der Waals surface area contributed by atoms with Gasteiger partial charge < -0.3 is 0 Å². The summed E-state index contributed by atoms with van der Waals surface area (Å²) in [7, 11) is -3.77. The van der Waals surface area contributed by atoms with Crippen LogP contribution in [0.2, 0.25) is 0 Å². The molecule has 0 amide bonds. The summed E-state index contributed by atoms with van der Waals surface area (Å²) in [5.74, 6) is -0.496. The first-order chi connectivity index (χ1) is 9.88. The van der Waals surface area contributed by atoms with Crippen molar-refractivity contribution in [3.8, 4) is 0 Å². The Labute approximate surface area is 138 Å². The van der Waals surface area contributed by atoms with Crippen LogP contribution in [-0.2, 0) is 10.0 Å². The van der Waals surface area contributed by atoms with Crippen LogP contribution in [0.15, 0.2) is 61.4 Å². The largest absolute Gasteiger partial charge is 0.276 e. The topological polar surface area (TPSA) is 58.5 Å². The first kappa shape index (κ1) is 16.1. The molecule has 0 fully saturated rings. The van der Waals surface area contributed by atoms with Crippen molar-refractivity contribution in [1.82, 2.24) is 4.83 Å². The maximum Gasteiger partial charge on any atom is 0.276 e. The van der Waals surface area contributed by atoms with E-state index in [1.165, 1.54) is 24.3 Å². The second-order valence-corrected chi connectivity index (χ2v) is 7.46. The van der Waals surface area contributed by atoms with E-state index >= 15 is 0 Å². The van der Waals surface area contributed by atoms with E-state index in [1.807, 2.05) is 4.83 Å². The minimum absolute atomic E-state index is 0.0672. The molecule has 21 heavy (non-hydrogen) atoms. The van der Waals surface area contributed by atoms with Crippen LogP contribution in [0.5, 0.6) is 0 Å². The molecule has 2 aromatic rings. The van der Waals surface area contributed by atoms with Crippen LogP contribution < -0.4 is 4.83 Å². The van der Waals surface area contributed by atoms with Gasteiger partial charge in [0.1, 0.15) is 5.82 Å². The smallest absolute Gasteiger partial charge is 0.206 e. The van der Waals surface area contributed by atoms with Gasteiger partial charge in [-0.2, -0.15) is 13.5 Å². The van der Waals surface area contributed by atoms with Gasteiger partial charge in [0.2, 0.25) is 0 Å². The third kappa shape index (κ3) is 4.36. The molecule has 2 aromatic carbocycles. The minimum Gasteiger partial charge on any atom is -0.206 e. The van der Waals surface area contributed by atoms with Gasteiger partial charge in [-0.25, -0.2) is 9.22 Å². The number of nitrogens with zero attached hydrogens (tertiary/aromatic N) is 1. The Morgan fingerprint density at radius 1 is 1.05 bits per heavy atom. The molecule has 0 bridgehead atoms. The Morgan fingerprint density at radius 3 is 2.33 bits per heavy atom. The van der Waals surface area contributed by atoms with Crippen molar-refractivity contribution < 1.29 is 12.8 Å². The molecule has 0 aliphatic rings. The Hall–Kier alpha value is -1.25. The van der Waals surface area contributed by atoms with Gasteiger partial charge in [-0.15, -0.1) is 0 Å². The van der Waals surface area contributed by atoms with Crippen molar-refractivity contribution in [2.45, 2.75) is 4.90 Å². The van der Waals surface area contributed by atoms with Crippen LogP contribution in [-0.4, -0.2) is 14.6 Å². The van der Waals surface area contributed by atoms with Crippen molar-refractivity contribution in [3.63, 3.8) is 0 Å². The molecule has 0 saturated carbocycles.